The fourth-order valence-electron chi connectivity index (χ4n) is 4.06. The van der Waals surface area contributed by atoms with Crippen LogP contribution in [0, 0.1) is 0 Å². The number of para-hydroxylation sites is 1. The van der Waals surface area contributed by atoms with Gasteiger partial charge in [-0.15, -0.1) is 5.10 Å². The molecule has 2 aromatic carbocycles. The molecule has 0 spiro atoms. The van der Waals surface area contributed by atoms with Gasteiger partial charge in [0, 0.05) is 18.5 Å². The number of fused-ring (bicyclic) bond motifs is 1. The normalized spacial score (nSPS) is 15.8. The lowest BCUT2D eigenvalue weighted by atomic mass is 9.84. The monoisotopic (exact) mass is 510 g/mol. The van der Waals surface area contributed by atoms with Crippen molar-refractivity contribution in [2.24, 2.45) is 0 Å². The Labute approximate surface area is 203 Å². The highest BCUT2D eigenvalue weighted by Crippen LogP contribution is 2.40. The summed E-state index contributed by atoms with van der Waals surface area (Å²) in [5.74, 6) is 0.159. The van der Waals surface area contributed by atoms with Gasteiger partial charge < -0.3 is 14.7 Å². The van der Waals surface area contributed by atoms with Gasteiger partial charge in [-0.2, -0.15) is 17.9 Å². The summed E-state index contributed by atoms with van der Waals surface area (Å²) in [5.41, 5.74) is -2.01. The molecule has 0 unspecified atom stereocenters. The number of alkyl halides is 3. The number of rotatable bonds is 3. The lowest BCUT2D eigenvalue weighted by molar-refractivity contribution is -0.137. The number of likely N-dealkylation sites (tertiary alicyclic amines) is 1. The number of carbonyl (C=O) groups excluding carboxylic acids is 2. The Morgan fingerprint density at radius 3 is 2.54 bits per heavy atom. The summed E-state index contributed by atoms with van der Waals surface area (Å²) in [4.78, 5) is 26.5. The maximum Gasteiger partial charge on any atom is 0.435 e. The first-order valence-electron chi connectivity index (χ1n) is 10.8. The van der Waals surface area contributed by atoms with Crippen molar-refractivity contribution in [2.45, 2.75) is 31.5 Å². The number of aliphatic hydroxyl groups is 1. The van der Waals surface area contributed by atoms with E-state index in [0.29, 0.717) is 10.9 Å². The molecule has 35 heavy (non-hydrogen) atoms. The number of ether oxygens (including phenoxy) is 1. The van der Waals surface area contributed by atoms with Gasteiger partial charge in [0.15, 0.2) is 5.82 Å². The highest BCUT2D eigenvalue weighted by atomic mass is 35.5. The first-order valence-corrected chi connectivity index (χ1v) is 11.2. The molecule has 0 atom stereocenters. The van der Waals surface area contributed by atoms with Crippen LogP contribution in [0.3, 0.4) is 0 Å². The third-order valence-electron chi connectivity index (χ3n) is 5.94. The number of amides is 2. The summed E-state index contributed by atoms with van der Waals surface area (Å²) in [5, 5.41) is 18.0. The van der Waals surface area contributed by atoms with Gasteiger partial charge in [0.25, 0.3) is 0 Å². The van der Waals surface area contributed by atoms with Gasteiger partial charge in [-0.25, -0.2) is 9.59 Å². The average Bonchev–Trinajstić information content (AvgIpc) is 3.17. The molecule has 2 heterocycles. The van der Waals surface area contributed by atoms with Crippen LogP contribution in [0.4, 0.5) is 28.6 Å². The molecule has 12 heteroatoms. The molecule has 1 aromatic heterocycles. The van der Waals surface area contributed by atoms with Crippen molar-refractivity contribution in [1.82, 2.24) is 14.7 Å². The molecule has 0 aliphatic carbocycles. The minimum Gasteiger partial charge on any atom is -0.448 e. The van der Waals surface area contributed by atoms with E-state index in [1.54, 1.807) is 31.2 Å². The van der Waals surface area contributed by atoms with Crippen LogP contribution in [0.1, 0.15) is 30.9 Å². The second-order valence-electron chi connectivity index (χ2n) is 8.12. The molecular formula is C23H22ClF3N4O4. The maximum absolute atomic E-state index is 13.2. The minimum absolute atomic E-state index is 0.0252. The third kappa shape index (κ3) is 4.92. The van der Waals surface area contributed by atoms with Crippen LogP contribution in [0.25, 0.3) is 10.9 Å². The van der Waals surface area contributed by atoms with Crippen LogP contribution in [0.2, 0.25) is 5.02 Å². The Kier molecular flexibility index (Phi) is 6.65. The number of nitrogens with one attached hydrogen (secondary N) is 1. The van der Waals surface area contributed by atoms with Crippen molar-refractivity contribution in [3.05, 3.63) is 58.6 Å². The molecule has 4 rings (SSSR count). The van der Waals surface area contributed by atoms with Gasteiger partial charge in [-0.1, -0.05) is 29.8 Å². The Bertz CT molecular complexity index is 1270. The van der Waals surface area contributed by atoms with Crippen LogP contribution in [-0.4, -0.2) is 51.6 Å². The van der Waals surface area contributed by atoms with E-state index in [-0.39, 0.29) is 43.9 Å². The van der Waals surface area contributed by atoms with Gasteiger partial charge in [-0.3, -0.25) is 5.32 Å². The molecule has 0 radical (unpaired) electrons. The number of hydrogen-bond donors (Lipinski definition) is 2. The van der Waals surface area contributed by atoms with Crippen molar-refractivity contribution in [3.8, 4) is 0 Å². The molecule has 1 fully saturated rings. The lowest BCUT2D eigenvalue weighted by Crippen LogP contribution is -2.46. The average molecular weight is 511 g/mol. The predicted molar refractivity (Wildman–Crippen MR) is 122 cm³/mol. The summed E-state index contributed by atoms with van der Waals surface area (Å²) < 4.78 is 45.8. The fraction of sp³-hybridized carbons (Fsp3) is 0.348. The van der Waals surface area contributed by atoms with E-state index in [4.69, 9.17) is 16.3 Å². The molecule has 1 saturated heterocycles. The number of halogens is 4. The molecule has 0 saturated carbocycles. The number of nitrogens with zero attached hydrogens (tertiary/aromatic N) is 3. The zero-order valence-corrected chi connectivity index (χ0v) is 19.4. The number of urea groups is 1. The Morgan fingerprint density at radius 1 is 1.20 bits per heavy atom. The van der Waals surface area contributed by atoms with Gasteiger partial charge in [0.2, 0.25) is 0 Å². The van der Waals surface area contributed by atoms with Gasteiger partial charge in [0.05, 0.1) is 28.3 Å². The van der Waals surface area contributed by atoms with Crippen molar-refractivity contribution >= 4 is 40.4 Å². The number of benzene rings is 2. The zero-order chi connectivity index (χ0) is 25.4. The van der Waals surface area contributed by atoms with E-state index in [1.807, 2.05) is 0 Å². The highest BCUT2D eigenvalue weighted by molar-refractivity contribution is 6.31. The SMILES string of the molecule is CCOC(=O)n1nc(NC(=O)N2CCC(O)(c3ccc(Cl)c(C(F)(F)F)c3)CC2)c2ccccc21. The number of hydrogen-bond acceptors (Lipinski definition) is 5. The Hall–Kier alpha value is -3.31. The molecule has 8 nitrogen and oxygen atoms in total. The molecule has 2 N–H and O–H groups in total. The van der Waals surface area contributed by atoms with Crippen molar-refractivity contribution < 1.29 is 32.6 Å². The Balaban J connectivity index is 1.49. The summed E-state index contributed by atoms with van der Waals surface area (Å²) >= 11 is 5.69. The molecular weight excluding hydrogens is 489 g/mol. The number of piperidine rings is 1. The Morgan fingerprint density at radius 2 is 1.89 bits per heavy atom. The minimum atomic E-state index is -4.65. The van der Waals surface area contributed by atoms with Crippen molar-refractivity contribution in [1.29, 1.82) is 0 Å². The van der Waals surface area contributed by atoms with Crippen molar-refractivity contribution in [2.75, 3.05) is 25.0 Å². The second-order valence-corrected chi connectivity index (χ2v) is 8.52. The molecule has 1 aliphatic rings. The summed E-state index contributed by atoms with van der Waals surface area (Å²) in [7, 11) is 0. The van der Waals surface area contributed by atoms with Gasteiger partial charge in [-0.05, 0) is 49.6 Å². The fourth-order valence-corrected chi connectivity index (χ4v) is 4.29. The predicted octanol–water partition coefficient (Wildman–Crippen LogP) is 5.23. The summed E-state index contributed by atoms with van der Waals surface area (Å²) in [6, 6.07) is 9.63. The van der Waals surface area contributed by atoms with E-state index in [9.17, 15) is 27.9 Å². The molecule has 186 valence electrons. The van der Waals surface area contributed by atoms with E-state index < -0.39 is 34.5 Å². The third-order valence-corrected chi connectivity index (χ3v) is 6.27. The van der Waals surface area contributed by atoms with Crippen LogP contribution >= 0.6 is 11.6 Å². The maximum atomic E-state index is 13.2. The standard InChI is InChI=1S/C23H22ClF3N4O4/c1-2-35-21(33)31-18-6-4-3-5-15(18)19(29-31)28-20(32)30-11-9-22(34,10-12-30)14-7-8-17(24)16(13-14)23(25,26)27/h3-8,13,34H,2,9-12H2,1H3,(H,28,29,32). The van der Waals surface area contributed by atoms with E-state index in [2.05, 4.69) is 10.4 Å². The number of aromatic nitrogens is 2. The highest BCUT2D eigenvalue weighted by Gasteiger charge is 2.39. The van der Waals surface area contributed by atoms with Gasteiger partial charge >= 0.3 is 18.3 Å². The van der Waals surface area contributed by atoms with Crippen LogP contribution in [-0.2, 0) is 16.5 Å². The van der Waals surface area contributed by atoms with Crippen LogP contribution < -0.4 is 5.32 Å². The summed E-state index contributed by atoms with van der Waals surface area (Å²) in [6.45, 7) is 1.99. The quantitative estimate of drug-likeness (QED) is 0.503. The lowest BCUT2D eigenvalue weighted by Gasteiger charge is -2.38. The topological polar surface area (TPSA) is 96.7 Å². The zero-order valence-electron chi connectivity index (χ0n) is 18.6. The smallest absolute Gasteiger partial charge is 0.435 e. The molecule has 1 aliphatic heterocycles. The summed E-state index contributed by atoms with van der Waals surface area (Å²) in [6.07, 6.45) is -5.29. The van der Waals surface area contributed by atoms with E-state index >= 15 is 0 Å². The number of carbonyl (C=O) groups is 2. The molecule has 3 aromatic rings. The van der Waals surface area contributed by atoms with Crippen LogP contribution in [0.15, 0.2) is 42.5 Å². The molecule has 0 bridgehead atoms. The second kappa shape index (κ2) is 9.38. The van der Waals surface area contributed by atoms with Crippen LogP contribution in [0.5, 0.6) is 0 Å². The first kappa shape index (κ1) is 24.8. The molecule has 2 amide bonds. The first-order chi connectivity index (χ1) is 16.5. The van der Waals surface area contributed by atoms with E-state index in [0.717, 1.165) is 16.8 Å². The largest absolute Gasteiger partial charge is 0.448 e. The number of anilines is 1. The van der Waals surface area contributed by atoms with Gasteiger partial charge in [0.1, 0.15) is 0 Å². The van der Waals surface area contributed by atoms with E-state index in [1.165, 1.54) is 11.0 Å². The van der Waals surface area contributed by atoms with Crippen molar-refractivity contribution in [3.63, 3.8) is 0 Å².